The molecular formula is C9H20ClNO2. The maximum absolute atomic E-state index is 10.7. The molecule has 0 fully saturated rings. The molecule has 4 heteroatoms. The van der Waals surface area contributed by atoms with E-state index in [9.17, 15) is 4.79 Å². The Morgan fingerprint density at radius 3 is 2.08 bits per heavy atom. The van der Waals surface area contributed by atoms with Gasteiger partial charge in [-0.05, 0) is 25.2 Å². The molecule has 2 unspecified atom stereocenters. The highest BCUT2D eigenvalue weighted by Crippen LogP contribution is 2.20. The van der Waals surface area contributed by atoms with Crippen molar-refractivity contribution in [2.75, 3.05) is 0 Å². The molecule has 0 aromatic rings. The first-order valence-electron chi connectivity index (χ1n) is 4.29. The van der Waals surface area contributed by atoms with Crippen molar-refractivity contribution in [2.45, 2.75) is 39.7 Å². The van der Waals surface area contributed by atoms with E-state index < -0.39 is 11.5 Å². The van der Waals surface area contributed by atoms with Crippen molar-refractivity contribution >= 4 is 18.4 Å². The molecule has 0 radical (unpaired) electrons. The topological polar surface area (TPSA) is 63.3 Å². The van der Waals surface area contributed by atoms with Crippen LogP contribution in [0.2, 0.25) is 0 Å². The molecule has 0 aliphatic carbocycles. The third kappa shape index (κ3) is 5.11. The first-order valence-corrected chi connectivity index (χ1v) is 4.29. The average Bonchev–Trinajstić information content (AvgIpc) is 1.85. The number of rotatable bonds is 4. The Labute approximate surface area is 86.1 Å². The fourth-order valence-electron chi connectivity index (χ4n) is 0.992. The van der Waals surface area contributed by atoms with E-state index in [0.29, 0.717) is 18.3 Å². The number of hydrogen-bond acceptors (Lipinski definition) is 2. The predicted molar refractivity (Wildman–Crippen MR) is 56.1 cm³/mol. The maximum Gasteiger partial charge on any atom is 0.323 e. The second-order valence-corrected chi connectivity index (χ2v) is 4.15. The summed E-state index contributed by atoms with van der Waals surface area (Å²) in [6.07, 6.45) is 0.528. The third-order valence-corrected chi connectivity index (χ3v) is 2.37. The zero-order valence-corrected chi connectivity index (χ0v) is 9.52. The molecule has 3 nitrogen and oxygen atoms in total. The van der Waals surface area contributed by atoms with Crippen LogP contribution >= 0.6 is 12.4 Å². The van der Waals surface area contributed by atoms with E-state index in [0.717, 1.165) is 0 Å². The van der Waals surface area contributed by atoms with E-state index in [1.54, 1.807) is 6.92 Å². The molecule has 0 aliphatic rings. The van der Waals surface area contributed by atoms with Gasteiger partial charge in [0.2, 0.25) is 0 Å². The first-order chi connectivity index (χ1) is 5.27. The zero-order chi connectivity index (χ0) is 9.94. The Kier molecular flexibility index (Phi) is 6.37. The summed E-state index contributed by atoms with van der Waals surface area (Å²) in [5, 5.41) is 8.75. The lowest BCUT2D eigenvalue weighted by Crippen LogP contribution is -2.46. The van der Waals surface area contributed by atoms with Crippen LogP contribution in [-0.4, -0.2) is 16.6 Å². The fraction of sp³-hybridized carbons (Fsp3) is 0.889. The zero-order valence-electron chi connectivity index (χ0n) is 8.70. The molecule has 0 saturated carbocycles. The minimum absolute atomic E-state index is 0. The molecule has 0 aromatic carbocycles. The Morgan fingerprint density at radius 1 is 1.46 bits per heavy atom. The third-order valence-electron chi connectivity index (χ3n) is 2.37. The molecule has 0 amide bonds. The number of aliphatic carboxylic acids is 1. The summed E-state index contributed by atoms with van der Waals surface area (Å²) in [6, 6.07) is 0. The van der Waals surface area contributed by atoms with E-state index in [2.05, 4.69) is 13.8 Å². The molecule has 13 heavy (non-hydrogen) atoms. The van der Waals surface area contributed by atoms with E-state index in [-0.39, 0.29) is 12.4 Å². The molecule has 0 rings (SSSR count). The van der Waals surface area contributed by atoms with E-state index in [1.165, 1.54) is 0 Å². The second kappa shape index (κ2) is 5.45. The normalized spacial score (nSPS) is 17.4. The molecule has 0 saturated heterocycles. The Balaban J connectivity index is 0. The molecule has 0 spiro atoms. The largest absolute Gasteiger partial charge is 0.480 e. The highest BCUT2D eigenvalue weighted by molar-refractivity contribution is 5.85. The van der Waals surface area contributed by atoms with Gasteiger partial charge in [-0.25, -0.2) is 0 Å². The van der Waals surface area contributed by atoms with Gasteiger partial charge in [0.15, 0.2) is 0 Å². The first kappa shape index (κ1) is 15.2. The summed E-state index contributed by atoms with van der Waals surface area (Å²) in [5.41, 5.74) is 4.52. The van der Waals surface area contributed by atoms with Gasteiger partial charge in [0, 0.05) is 0 Å². The summed E-state index contributed by atoms with van der Waals surface area (Å²) >= 11 is 0. The highest BCUT2D eigenvalue weighted by Gasteiger charge is 2.30. The van der Waals surface area contributed by atoms with Gasteiger partial charge in [0.05, 0.1) is 0 Å². The lowest BCUT2D eigenvalue weighted by Gasteiger charge is -2.25. The monoisotopic (exact) mass is 209 g/mol. The fourth-order valence-corrected chi connectivity index (χ4v) is 0.992. The van der Waals surface area contributed by atoms with Crippen molar-refractivity contribution in [3.63, 3.8) is 0 Å². The lowest BCUT2D eigenvalue weighted by atomic mass is 9.85. The molecule has 0 bridgehead atoms. The minimum Gasteiger partial charge on any atom is -0.480 e. The number of nitrogens with two attached hydrogens (primary N) is 1. The molecule has 80 valence electrons. The minimum atomic E-state index is -1.08. The van der Waals surface area contributed by atoms with E-state index in [1.807, 2.05) is 6.92 Å². The van der Waals surface area contributed by atoms with Crippen LogP contribution in [0.5, 0.6) is 0 Å². The van der Waals surface area contributed by atoms with Crippen molar-refractivity contribution in [3.8, 4) is 0 Å². The van der Waals surface area contributed by atoms with Gasteiger partial charge >= 0.3 is 5.97 Å². The number of carboxylic acid groups (broad SMARTS) is 1. The lowest BCUT2D eigenvalue weighted by molar-refractivity contribution is -0.143. The van der Waals surface area contributed by atoms with Crippen LogP contribution < -0.4 is 5.73 Å². The summed E-state index contributed by atoms with van der Waals surface area (Å²) in [5.74, 6) is -0.0988. The van der Waals surface area contributed by atoms with Crippen LogP contribution in [0.15, 0.2) is 0 Å². The number of carboxylic acids is 1. The SMILES string of the molecule is CC(C)C(C)CC(C)(N)C(=O)O.Cl. The van der Waals surface area contributed by atoms with Gasteiger partial charge in [-0.2, -0.15) is 0 Å². The van der Waals surface area contributed by atoms with Crippen molar-refractivity contribution in [2.24, 2.45) is 17.6 Å². The molecule has 0 aliphatic heterocycles. The number of carbonyl (C=O) groups is 1. The second-order valence-electron chi connectivity index (χ2n) is 4.15. The van der Waals surface area contributed by atoms with Crippen molar-refractivity contribution in [1.29, 1.82) is 0 Å². The van der Waals surface area contributed by atoms with Crippen LogP contribution in [0, 0.1) is 11.8 Å². The van der Waals surface area contributed by atoms with Gasteiger partial charge in [-0.1, -0.05) is 20.8 Å². The van der Waals surface area contributed by atoms with Crippen LogP contribution in [0.4, 0.5) is 0 Å². The van der Waals surface area contributed by atoms with Crippen molar-refractivity contribution in [1.82, 2.24) is 0 Å². The quantitative estimate of drug-likeness (QED) is 0.744. The van der Waals surface area contributed by atoms with Crippen LogP contribution in [0.3, 0.4) is 0 Å². The Bertz CT molecular complexity index is 169. The smallest absolute Gasteiger partial charge is 0.323 e. The summed E-state index contributed by atoms with van der Waals surface area (Å²) in [4.78, 5) is 10.7. The Hall–Kier alpha value is -0.280. The van der Waals surface area contributed by atoms with Gasteiger partial charge < -0.3 is 10.8 Å². The highest BCUT2D eigenvalue weighted by atomic mass is 35.5. The van der Waals surface area contributed by atoms with Crippen LogP contribution in [0.25, 0.3) is 0 Å². The average molecular weight is 210 g/mol. The van der Waals surface area contributed by atoms with Gasteiger partial charge in [0.25, 0.3) is 0 Å². The Morgan fingerprint density at radius 2 is 1.85 bits per heavy atom. The van der Waals surface area contributed by atoms with Gasteiger partial charge in [-0.15, -0.1) is 12.4 Å². The summed E-state index contributed by atoms with van der Waals surface area (Å²) in [6.45, 7) is 7.73. The molecule has 0 heterocycles. The molecular weight excluding hydrogens is 190 g/mol. The van der Waals surface area contributed by atoms with Gasteiger partial charge in [-0.3, -0.25) is 4.79 Å². The van der Waals surface area contributed by atoms with Gasteiger partial charge in [0.1, 0.15) is 5.54 Å². The number of halogens is 1. The standard InChI is InChI=1S/C9H19NO2.ClH/c1-6(2)7(3)5-9(4,10)8(11)12;/h6-7H,5,10H2,1-4H3,(H,11,12);1H. The predicted octanol–water partition coefficient (Wildman–Crippen LogP) is 1.89. The number of hydrogen-bond donors (Lipinski definition) is 2. The summed E-state index contributed by atoms with van der Waals surface area (Å²) < 4.78 is 0. The molecule has 0 aromatic heterocycles. The summed E-state index contributed by atoms with van der Waals surface area (Å²) in [7, 11) is 0. The van der Waals surface area contributed by atoms with E-state index >= 15 is 0 Å². The van der Waals surface area contributed by atoms with Crippen molar-refractivity contribution < 1.29 is 9.90 Å². The van der Waals surface area contributed by atoms with E-state index in [4.69, 9.17) is 10.8 Å². The molecule has 3 N–H and O–H groups in total. The molecule has 2 atom stereocenters. The maximum atomic E-state index is 10.7. The van der Waals surface area contributed by atoms with Crippen LogP contribution in [0.1, 0.15) is 34.1 Å². The van der Waals surface area contributed by atoms with Crippen LogP contribution in [-0.2, 0) is 4.79 Å². The van der Waals surface area contributed by atoms with Crippen molar-refractivity contribution in [3.05, 3.63) is 0 Å².